The van der Waals surface area contributed by atoms with E-state index in [0.29, 0.717) is 6.54 Å². The summed E-state index contributed by atoms with van der Waals surface area (Å²) in [4.78, 5) is 6.28. The average Bonchev–Trinajstić information content (AvgIpc) is 2.51. The van der Waals surface area contributed by atoms with E-state index in [1.165, 1.54) is 17.7 Å². The zero-order valence-corrected chi connectivity index (χ0v) is 12.4. The van der Waals surface area contributed by atoms with E-state index in [0.717, 1.165) is 18.1 Å². The first-order valence-electron chi connectivity index (χ1n) is 6.89. The number of hydrogen-bond acceptors (Lipinski definition) is 1. The Labute approximate surface area is 125 Å². The van der Waals surface area contributed by atoms with Crippen molar-refractivity contribution in [1.82, 2.24) is 10.2 Å². The van der Waals surface area contributed by atoms with Gasteiger partial charge in [-0.3, -0.25) is 4.99 Å². The molecule has 0 radical (unpaired) electrons. The topological polar surface area (TPSA) is 27.6 Å². The van der Waals surface area contributed by atoms with Crippen molar-refractivity contribution >= 4 is 5.96 Å². The number of guanidine groups is 1. The zero-order chi connectivity index (χ0) is 15.1. The van der Waals surface area contributed by atoms with Crippen molar-refractivity contribution in [3.8, 4) is 0 Å². The molecule has 21 heavy (non-hydrogen) atoms. The summed E-state index contributed by atoms with van der Waals surface area (Å²) in [5, 5.41) is 3.32. The Morgan fingerprint density at radius 1 is 1.05 bits per heavy atom. The number of hydrogen-bond donors (Lipinski definition) is 1. The van der Waals surface area contributed by atoms with E-state index in [1.807, 2.05) is 30.1 Å². The quantitative estimate of drug-likeness (QED) is 0.690. The van der Waals surface area contributed by atoms with Gasteiger partial charge in [0.2, 0.25) is 0 Å². The van der Waals surface area contributed by atoms with Crippen LogP contribution >= 0.6 is 0 Å². The third-order valence-corrected chi connectivity index (χ3v) is 3.20. The van der Waals surface area contributed by atoms with Gasteiger partial charge in [-0.15, -0.1) is 0 Å². The van der Waals surface area contributed by atoms with E-state index in [2.05, 4.69) is 22.4 Å². The normalized spacial score (nSPS) is 11.3. The lowest BCUT2D eigenvalue weighted by molar-refractivity contribution is 0.476. The van der Waals surface area contributed by atoms with Crippen LogP contribution in [0.3, 0.4) is 0 Å². The van der Waals surface area contributed by atoms with Crippen LogP contribution in [0, 0.1) is 5.82 Å². The van der Waals surface area contributed by atoms with Crippen LogP contribution in [-0.2, 0) is 13.1 Å². The molecule has 2 aromatic rings. The minimum atomic E-state index is -0.215. The van der Waals surface area contributed by atoms with Crippen molar-refractivity contribution in [2.75, 3.05) is 14.1 Å². The lowest BCUT2D eigenvalue weighted by Crippen LogP contribution is -2.38. The first-order chi connectivity index (χ1) is 10.2. The van der Waals surface area contributed by atoms with Crippen molar-refractivity contribution in [3.63, 3.8) is 0 Å². The largest absolute Gasteiger partial charge is 0.352 e. The summed E-state index contributed by atoms with van der Waals surface area (Å²) in [7, 11) is 3.72. The Morgan fingerprint density at radius 2 is 1.71 bits per heavy atom. The molecule has 0 unspecified atom stereocenters. The Kier molecular flexibility index (Phi) is 5.32. The van der Waals surface area contributed by atoms with Crippen molar-refractivity contribution in [1.29, 1.82) is 0 Å². The molecular formula is C17H20FN3. The van der Waals surface area contributed by atoms with Crippen LogP contribution in [0.25, 0.3) is 0 Å². The second-order valence-corrected chi connectivity index (χ2v) is 4.87. The number of rotatable bonds is 4. The molecule has 0 spiro atoms. The highest BCUT2D eigenvalue weighted by Crippen LogP contribution is 2.06. The standard InChI is InChI=1S/C17H20FN3/c1-19-17(20-12-14-6-4-3-5-7-14)21(2)13-15-8-10-16(18)11-9-15/h3-11H,12-13H2,1-2H3,(H,19,20). The first kappa shape index (κ1) is 15.0. The molecule has 0 fully saturated rings. The molecule has 0 aliphatic carbocycles. The third-order valence-electron chi connectivity index (χ3n) is 3.20. The number of nitrogens with zero attached hydrogens (tertiary/aromatic N) is 2. The molecule has 1 N–H and O–H groups in total. The predicted molar refractivity (Wildman–Crippen MR) is 84.5 cm³/mol. The van der Waals surface area contributed by atoms with Gasteiger partial charge < -0.3 is 10.2 Å². The fourth-order valence-corrected chi connectivity index (χ4v) is 2.10. The van der Waals surface area contributed by atoms with Crippen LogP contribution < -0.4 is 5.32 Å². The molecule has 2 rings (SSSR count). The van der Waals surface area contributed by atoms with E-state index < -0.39 is 0 Å². The molecule has 0 aliphatic heterocycles. The van der Waals surface area contributed by atoms with Gasteiger partial charge in [0.05, 0.1) is 0 Å². The summed E-state index contributed by atoms with van der Waals surface area (Å²) < 4.78 is 12.9. The minimum Gasteiger partial charge on any atom is -0.352 e. The molecule has 0 heterocycles. The van der Waals surface area contributed by atoms with E-state index >= 15 is 0 Å². The minimum absolute atomic E-state index is 0.215. The molecule has 3 nitrogen and oxygen atoms in total. The Bertz CT molecular complexity index is 579. The molecule has 4 heteroatoms. The lowest BCUT2D eigenvalue weighted by Gasteiger charge is -2.22. The van der Waals surface area contributed by atoms with Gasteiger partial charge >= 0.3 is 0 Å². The third kappa shape index (κ3) is 4.60. The van der Waals surface area contributed by atoms with E-state index in [9.17, 15) is 4.39 Å². The van der Waals surface area contributed by atoms with Crippen molar-refractivity contribution < 1.29 is 4.39 Å². The summed E-state index contributed by atoms with van der Waals surface area (Å²) >= 11 is 0. The van der Waals surface area contributed by atoms with Gasteiger partial charge in [-0.1, -0.05) is 42.5 Å². The second-order valence-electron chi connectivity index (χ2n) is 4.87. The number of benzene rings is 2. The zero-order valence-electron chi connectivity index (χ0n) is 12.4. The molecule has 0 aliphatic rings. The van der Waals surface area contributed by atoms with Crippen molar-refractivity contribution in [3.05, 3.63) is 71.5 Å². The maximum absolute atomic E-state index is 12.9. The lowest BCUT2D eigenvalue weighted by atomic mass is 10.2. The van der Waals surface area contributed by atoms with Crippen LogP contribution in [0.4, 0.5) is 4.39 Å². The van der Waals surface area contributed by atoms with E-state index in [-0.39, 0.29) is 5.82 Å². The van der Waals surface area contributed by atoms with Crippen molar-refractivity contribution in [2.24, 2.45) is 4.99 Å². The van der Waals surface area contributed by atoms with Gasteiger partial charge in [0.1, 0.15) is 5.82 Å². The Balaban J connectivity index is 1.92. The molecule has 0 saturated carbocycles. The molecule has 0 aromatic heterocycles. The molecule has 0 atom stereocenters. The van der Waals surface area contributed by atoms with Gasteiger partial charge in [-0.25, -0.2) is 4.39 Å². The average molecular weight is 285 g/mol. The molecule has 0 bridgehead atoms. The van der Waals surface area contributed by atoms with Gasteiger partial charge in [-0.05, 0) is 23.3 Å². The van der Waals surface area contributed by atoms with Gasteiger partial charge in [-0.2, -0.15) is 0 Å². The summed E-state index contributed by atoms with van der Waals surface area (Å²) in [6.07, 6.45) is 0. The Hall–Kier alpha value is -2.36. The summed E-state index contributed by atoms with van der Waals surface area (Å²) in [5.41, 5.74) is 2.25. The molecule has 0 amide bonds. The highest BCUT2D eigenvalue weighted by molar-refractivity contribution is 5.79. The van der Waals surface area contributed by atoms with Crippen LogP contribution in [0.15, 0.2) is 59.6 Å². The number of aliphatic imine (C=N–C) groups is 1. The van der Waals surface area contributed by atoms with Crippen molar-refractivity contribution in [2.45, 2.75) is 13.1 Å². The summed E-state index contributed by atoms with van der Waals surface area (Å²) in [5.74, 6) is 0.594. The number of nitrogens with one attached hydrogen (secondary N) is 1. The van der Waals surface area contributed by atoms with Gasteiger partial charge in [0, 0.05) is 27.2 Å². The highest BCUT2D eigenvalue weighted by Gasteiger charge is 2.06. The van der Waals surface area contributed by atoms with Crippen LogP contribution in [0.5, 0.6) is 0 Å². The van der Waals surface area contributed by atoms with Crippen LogP contribution in [0.2, 0.25) is 0 Å². The summed E-state index contributed by atoms with van der Waals surface area (Å²) in [6.45, 7) is 1.40. The second kappa shape index (κ2) is 7.43. The van der Waals surface area contributed by atoms with Gasteiger partial charge in [0.15, 0.2) is 5.96 Å². The molecule has 110 valence electrons. The number of halogens is 1. The van der Waals surface area contributed by atoms with E-state index in [1.54, 1.807) is 19.2 Å². The SMILES string of the molecule is CN=C(NCc1ccccc1)N(C)Cc1ccc(F)cc1. The maximum atomic E-state index is 12.9. The molecular weight excluding hydrogens is 265 g/mol. The Morgan fingerprint density at radius 3 is 2.33 bits per heavy atom. The van der Waals surface area contributed by atoms with E-state index in [4.69, 9.17) is 0 Å². The monoisotopic (exact) mass is 285 g/mol. The molecule has 2 aromatic carbocycles. The molecule has 0 saturated heterocycles. The fraction of sp³-hybridized carbons (Fsp3) is 0.235. The smallest absolute Gasteiger partial charge is 0.193 e. The summed E-state index contributed by atoms with van der Waals surface area (Å²) in [6, 6.07) is 16.7. The highest BCUT2D eigenvalue weighted by atomic mass is 19.1. The first-order valence-corrected chi connectivity index (χ1v) is 6.89. The van der Waals surface area contributed by atoms with Crippen LogP contribution in [-0.4, -0.2) is 25.0 Å². The van der Waals surface area contributed by atoms with Crippen LogP contribution in [0.1, 0.15) is 11.1 Å². The fourth-order valence-electron chi connectivity index (χ4n) is 2.10. The van der Waals surface area contributed by atoms with Gasteiger partial charge in [0.25, 0.3) is 0 Å². The predicted octanol–water partition coefficient (Wildman–Crippen LogP) is 3.03. The maximum Gasteiger partial charge on any atom is 0.193 e.